The van der Waals surface area contributed by atoms with Gasteiger partial charge < -0.3 is 10.1 Å². The van der Waals surface area contributed by atoms with Gasteiger partial charge in [-0.05, 0) is 6.07 Å². The summed E-state index contributed by atoms with van der Waals surface area (Å²) in [4.78, 5) is 26.9. The van der Waals surface area contributed by atoms with Gasteiger partial charge in [0, 0.05) is 6.20 Å². The highest BCUT2D eigenvalue weighted by atomic mass is 16.6. The molecule has 7 nitrogen and oxygen atoms in total. The molecule has 0 fully saturated rings. The third-order valence-corrected chi connectivity index (χ3v) is 1.98. The fourth-order valence-corrected chi connectivity index (χ4v) is 1.35. The highest BCUT2D eigenvalue weighted by Gasteiger charge is 2.19. The van der Waals surface area contributed by atoms with E-state index in [-0.39, 0.29) is 22.3 Å². The van der Waals surface area contributed by atoms with Crippen molar-refractivity contribution in [3.05, 3.63) is 34.3 Å². The van der Waals surface area contributed by atoms with Crippen LogP contribution >= 0.6 is 0 Å². The maximum absolute atomic E-state index is 10.7. The number of carboxylic acids is 1. The Morgan fingerprint density at radius 1 is 1.60 bits per heavy atom. The number of hydrogen-bond acceptors (Lipinski definition) is 4. The number of nitro groups is 1. The molecule has 76 valence electrons. The van der Waals surface area contributed by atoms with E-state index >= 15 is 0 Å². The first-order chi connectivity index (χ1) is 7.11. The number of hydrogen-bond donors (Lipinski definition) is 2. The number of nitrogens with one attached hydrogen (secondary N) is 1. The molecule has 2 heterocycles. The minimum atomic E-state index is -1.22. The van der Waals surface area contributed by atoms with Crippen molar-refractivity contribution in [2.75, 3.05) is 0 Å². The van der Waals surface area contributed by atoms with Crippen molar-refractivity contribution in [1.29, 1.82) is 0 Å². The second-order valence-electron chi connectivity index (χ2n) is 2.82. The average molecular weight is 207 g/mol. The Morgan fingerprint density at radius 2 is 2.33 bits per heavy atom. The summed E-state index contributed by atoms with van der Waals surface area (Å²) in [6.07, 6.45) is 2.38. The van der Waals surface area contributed by atoms with Crippen LogP contribution in [-0.4, -0.2) is 26.0 Å². The smallest absolute Gasteiger partial charge is 0.356 e. The van der Waals surface area contributed by atoms with Crippen LogP contribution in [0.5, 0.6) is 0 Å². The summed E-state index contributed by atoms with van der Waals surface area (Å²) in [6, 6.07) is 1.40. The third-order valence-electron chi connectivity index (χ3n) is 1.98. The molecule has 2 N–H and O–H groups in total. The summed E-state index contributed by atoms with van der Waals surface area (Å²) in [5.41, 5.74) is -0.216. The molecule has 15 heavy (non-hydrogen) atoms. The summed E-state index contributed by atoms with van der Waals surface area (Å²) >= 11 is 0. The van der Waals surface area contributed by atoms with E-state index in [0.717, 1.165) is 6.20 Å². The third kappa shape index (κ3) is 1.30. The van der Waals surface area contributed by atoms with Crippen LogP contribution in [-0.2, 0) is 0 Å². The van der Waals surface area contributed by atoms with Crippen LogP contribution in [0.1, 0.15) is 10.5 Å². The topological polar surface area (TPSA) is 109 Å². The zero-order chi connectivity index (χ0) is 11.0. The van der Waals surface area contributed by atoms with Crippen molar-refractivity contribution < 1.29 is 14.8 Å². The minimum absolute atomic E-state index is 0.157. The lowest BCUT2D eigenvalue weighted by Crippen LogP contribution is -2.00. The monoisotopic (exact) mass is 207 g/mol. The van der Waals surface area contributed by atoms with Gasteiger partial charge in [0.15, 0.2) is 5.69 Å². The number of carboxylic acid groups (broad SMARTS) is 1. The van der Waals surface area contributed by atoms with Gasteiger partial charge in [0.25, 0.3) is 5.69 Å². The van der Waals surface area contributed by atoms with Crippen LogP contribution < -0.4 is 0 Å². The molecule has 0 saturated heterocycles. The number of rotatable bonds is 2. The molecular formula is C8H5N3O4. The highest BCUT2D eigenvalue weighted by Crippen LogP contribution is 2.25. The molecule has 0 aromatic carbocycles. The number of aromatic nitrogens is 2. The summed E-state index contributed by atoms with van der Waals surface area (Å²) in [6.45, 7) is 0. The van der Waals surface area contributed by atoms with Crippen LogP contribution in [0.2, 0.25) is 0 Å². The van der Waals surface area contributed by atoms with Crippen molar-refractivity contribution >= 4 is 22.6 Å². The molecule has 0 bridgehead atoms. The van der Waals surface area contributed by atoms with Crippen LogP contribution in [0, 0.1) is 10.1 Å². The maximum Gasteiger partial charge on any atom is 0.356 e. The van der Waals surface area contributed by atoms with Gasteiger partial charge in [0.05, 0.1) is 22.0 Å². The molecule has 2 rings (SSSR count). The first-order valence-corrected chi connectivity index (χ1v) is 3.95. The number of aromatic carboxylic acids is 1. The molecule has 0 amide bonds. The molecule has 0 atom stereocenters. The largest absolute Gasteiger partial charge is 0.476 e. The van der Waals surface area contributed by atoms with E-state index in [1.807, 2.05) is 0 Å². The van der Waals surface area contributed by atoms with E-state index in [1.165, 1.54) is 12.3 Å². The summed E-state index contributed by atoms with van der Waals surface area (Å²) in [5.74, 6) is -1.22. The molecule has 0 spiro atoms. The Balaban J connectivity index is 2.80. The van der Waals surface area contributed by atoms with Crippen molar-refractivity contribution in [2.24, 2.45) is 0 Å². The number of H-pyrrole nitrogens is 1. The average Bonchev–Trinajstić information content (AvgIpc) is 2.59. The quantitative estimate of drug-likeness (QED) is 0.567. The Morgan fingerprint density at radius 3 is 2.93 bits per heavy atom. The Labute approximate surface area is 82.5 Å². The summed E-state index contributed by atoms with van der Waals surface area (Å²) in [7, 11) is 0. The SMILES string of the molecule is O=C(O)c1nccc2c([N+](=O)[O-])c[nH]c12. The molecule has 2 aromatic rings. The van der Waals surface area contributed by atoms with Crippen molar-refractivity contribution in [1.82, 2.24) is 9.97 Å². The molecule has 0 unspecified atom stereocenters. The Kier molecular flexibility index (Phi) is 1.86. The van der Waals surface area contributed by atoms with Gasteiger partial charge in [-0.2, -0.15) is 0 Å². The van der Waals surface area contributed by atoms with E-state index in [0.29, 0.717) is 0 Å². The number of aromatic amines is 1. The highest BCUT2D eigenvalue weighted by molar-refractivity contribution is 6.02. The van der Waals surface area contributed by atoms with Crippen LogP contribution in [0.15, 0.2) is 18.5 Å². The lowest BCUT2D eigenvalue weighted by Gasteiger charge is -1.94. The Bertz CT molecular complexity index is 560. The van der Waals surface area contributed by atoms with Gasteiger partial charge in [-0.3, -0.25) is 10.1 Å². The first kappa shape index (κ1) is 9.13. The Hall–Kier alpha value is -2.44. The second kappa shape index (κ2) is 3.05. The van der Waals surface area contributed by atoms with Crippen molar-refractivity contribution in [3.8, 4) is 0 Å². The zero-order valence-corrected chi connectivity index (χ0v) is 7.30. The molecule has 0 radical (unpaired) electrons. The van der Waals surface area contributed by atoms with Gasteiger partial charge in [-0.15, -0.1) is 0 Å². The maximum atomic E-state index is 10.7. The fraction of sp³-hybridized carbons (Fsp3) is 0. The predicted molar refractivity (Wildman–Crippen MR) is 49.7 cm³/mol. The molecule has 0 aliphatic rings. The van der Waals surface area contributed by atoms with Gasteiger partial charge in [0.2, 0.25) is 0 Å². The van der Waals surface area contributed by atoms with Gasteiger partial charge in [-0.1, -0.05) is 0 Å². The van der Waals surface area contributed by atoms with E-state index in [9.17, 15) is 14.9 Å². The van der Waals surface area contributed by atoms with E-state index in [2.05, 4.69) is 9.97 Å². The fourth-order valence-electron chi connectivity index (χ4n) is 1.35. The minimum Gasteiger partial charge on any atom is -0.476 e. The van der Waals surface area contributed by atoms with Crippen molar-refractivity contribution in [2.45, 2.75) is 0 Å². The molecule has 2 aromatic heterocycles. The van der Waals surface area contributed by atoms with E-state index in [1.54, 1.807) is 0 Å². The lowest BCUT2D eigenvalue weighted by molar-refractivity contribution is -0.383. The summed E-state index contributed by atoms with van der Waals surface area (Å²) < 4.78 is 0. The molecular weight excluding hydrogens is 202 g/mol. The van der Waals surface area contributed by atoms with Gasteiger partial charge in [0.1, 0.15) is 0 Å². The molecule has 0 saturated carbocycles. The van der Waals surface area contributed by atoms with Gasteiger partial charge in [-0.25, -0.2) is 9.78 Å². The van der Waals surface area contributed by atoms with Crippen LogP contribution in [0.4, 0.5) is 5.69 Å². The van der Waals surface area contributed by atoms with Crippen molar-refractivity contribution in [3.63, 3.8) is 0 Å². The van der Waals surface area contributed by atoms with Gasteiger partial charge >= 0.3 is 5.97 Å². The number of fused-ring (bicyclic) bond motifs is 1. The predicted octanol–water partition coefficient (Wildman–Crippen LogP) is 1.17. The first-order valence-electron chi connectivity index (χ1n) is 3.95. The number of pyridine rings is 1. The molecule has 0 aliphatic carbocycles. The number of carbonyl (C=O) groups is 1. The normalized spacial score (nSPS) is 10.4. The van der Waals surface area contributed by atoms with Crippen LogP contribution in [0.25, 0.3) is 10.9 Å². The van der Waals surface area contributed by atoms with E-state index in [4.69, 9.17) is 5.11 Å². The zero-order valence-electron chi connectivity index (χ0n) is 7.30. The number of nitrogens with zero attached hydrogens (tertiary/aromatic N) is 2. The molecule has 7 heteroatoms. The second-order valence-corrected chi connectivity index (χ2v) is 2.82. The van der Waals surface area contributed by atoms with E-state index < -0.39 is 10.9 Å². The lowest BCUT2D eigenvalue weighted by atomic mass is 10.2. The standard InChI is InChI=1S/C8H5N3O4/c12-8(13)7-6-4(1-2-9-7)5(3-10-6)11(14)15/h1-3,10H,(H,12,13). The summed E-state index contributed by atoms with van der Waals surface area (Å²) in [5, 5.41) is 19.6. The van der Waals surface area contributed by atoms with Crippen LogP contribution in [0.3, 0.4) is 0 Å². The molecule has 0 aliphatic heterocycles.